The molecule has 0 bridgehead atoms. The van der Waals surface area contributed by atoms with E-state index in [0.29, 0.717) is 18.4 Å². The van der Waals surface area contributed by atoms with Crippen molar-refractivity contribution in [2.24, 2.45) is 5.92 Å². The third kappa shape index (κ3) is 2.91. The lowest BCUT2D eigenvalue weighted by atomic mass is 10.1. The van der Waals surface area contributed by atoms with E-state index in [4.69, 9.17) is 0 Å². The maximum atomic E-state index is 11.2. The molecule has 0 aromatic carbocycles. The van der Waals surface area contributed by atoms with Gasteiger partial charge in [-0.25, -0.2) is 5.32 Å². The van der Waals surface area contributed by atoms with E-state index >= 15 is 0 Å². The van der Waals surface area contributed by atoms with Gasteiger partial charge < -0.3 is 5.32 Å². The summed E-state index contributed by atoms with van der Waals surface area (Å²) in [7, 11) is 0. The van der Waals surface area contributed by atoms with Crippen LogP contribution in [0.3, 0.4) is 0 Å². The highest BCUT2D eigenvalue weighted by Crippen LogP contribution is 1.99. The first-order valence-corrected chi connectivity index (χ1v) is 4.59. The van der Waals surface area contributed by atoms with Crippen LogP contribution >= 0.6 is 0 Å². The number of Topliss-reactive ketones (excluding diaryl/α,β-unsaturated/α-hetero) is 1. The first-order chi connectivity index (χ1) is 5.70. The second kappa shape index (κ2) is 4.58. The fourth-order valence-electron chi connectivity index (χ4n) is 1.20. The molecule has 1 saturated heterocycles. The van der Waals surface area contributed by atoms with Crippen LogP contribution in [0.1, 0.15) is 20.3 Å². The summed E-state index contributed by atoms with van der Waals surface area (Å²) in [5, 5.41) is 7.43. The summed E-state index contributed by atoms with van der Waals surface area (Å²) in [6.45, 7) is 6.21. The van der Waals surface area contributed by atoms with E-state index in [0.717, 1.165) is 19.5 Å². The van der Waals surface area contributed by atoms with Crippen molar-refractivity contribution in [2.75, 3.05) is 19.6 Å². The SMILES string of the molecule is CC(C)C(=O)CNC1CC[N]C1. The number of rotatable bonds is 4. The van der Waals surface area contributed by atoms with E-state index in [2.05, 4.69) is 10.6 Å². The van der Waals surface area contributed by atoms with Gasteiger partial charge in [-0.1, -0.05) is 13.8 Å². The normalized spacial score (nSPS) is 23.4. The molecule has 1 atom stereocenters. The van der Waals surface area contributed by atoms with Crippen molar-refractivity contribution in [3.8, 4) is 0 Å². The van der Waals surface area contributed by atoms with Gasteiger partial charge in [0, 0.05) is 25.0 Å². The third-order valence-electron chi connectivity index (χ3n) is 2.19. The van der Waals surface area contributed by atoms with Gasteiger partial charge >= 0.3 is 0 Å². The van der Waals surface area contributed by atoms with Gasteiger partial charge in [0.2, 0.25) is 0 Å². The number of carbonyl (C=O) groups excluding carboxylic acids is 1. The highest BCUT2D eigenvalue weighted by molar-refractivity contribution is 5.82. The topological polar surface area (TPSA) is 43.2 Å². The van der Waals surface area contributed by atoms with E-state index in [9.17, 15) is 4.79 Å². The number of hydrogen-bond acceptors (Lipinski definition) is 2. The van der Waals surface area contributed by atoms with Gasteiger partial charge in [0.25, 0.3) is 0 Å². The maximum absolute atomic E-state index is 11.2. The van der Waals surface area contributed by atoms with Crippen LogP contribution in [0.25, 0.3) is 0 Å². The quantitative estimate of drug-likeness (QED) is 0.652. The number of nitrogens with zero attached hydrogens (tertiary/aromatic N) is 1. The van der Waals surface area contributed by atoms with Gasteiger partial charge in [-0.3, -0.25) is 4.79 Å². The molecule has 1 N–H and O–H groups in total. The molecular formula is C9H17N2O. The number of ketones is 1. The summed E-state index contributed by atoms with van der Waals surface area (Å²) in [4.78, 5) is 11.2. The van der Waals surface area contributed by atoms with Gasteiger partial charge in [0.1, 0.15) is 5.78 Å². The van der Waals surface area contributed by atoms with Crippen molar-refractivity contribution in [1.82, 2.24) is 10.6 Å². The Bertz CT molecular complexity index is 151. The predicted molar refractivity (Wildman–Crippen MR) is 48.1 cm³/mol. The zero-order valence-electron chi connectivity index (χ0n) is 7.84. The predicted octanol–water partition coefficient (Wildman–Crippen LogP) is 0.178. The molecule has 0 aromatic heterocycles. The first kappa shape index (κ1) is 9.68. The van der Waals surface area contributed by atoms with Crippen molar-refractivity contribution in [1.29, 1.82) is 0 Å². The summed E-state index contributed by atoms with van der Waals surface area (Å²) in [5.41, 5.74) is 0. The van der Waals surface area contributed by atoms with Crippen LogP contribution in [0.2, 0.25) is 0 Å². The Morgan fingerprint density at radius 3 is 2.92 bits per heavy atom. The second-order valence-corrected chi connectivity index (χ2v) is 3.62. The molecule has 1 heterocycles. The number of nitrogens with one attached hydrogen (secondary N) is 1. The van der Waals surface area contributed by atoms with Crippen LogP contribution < -0.4 is 10.6 Å². The molecular weight excluding hydrogens is 152 g/mol. The molecule has 3 heteroatoms. The van der Waals surface area contributed by atoms with Crippen LogP contribution in [0, 0.1) is 5.92 Å². The Labute approximate surface area is 73.9 Å². The summed E-state index contributed by atoms with van der Waals surface area (Å²) < 4.78 is 0. The van der Waals surface area contributed by atoms with Crippen molar-refractivity contribution >= 4 is 5.78 Å². The molecule has 0 aromatic rings. The first-order valence-electron chi connectivity index (χ1n) is 4.59. The van der Waals surface area contributed by atoms with Crippen LogP contribution in [0.15, 0.2) is 0 Å². The second-order valence-electron chi connectivity index (χ2n) is 3.62. The molecule has 1 aliphatic heterocycles. The van der Waals surface area contributed by atoms with Crippen LogP contribution in [0.5, 0.6) is 0 Å². The number of carbonyl (C=O) groups is 1. The monoisotopic (exact) mass is 169 g/mol. The molecule has 1 unspecified atom stereocenters. The van der Waals surface area contributed by atoms with E-state index in [-0.39, 0.29) is 5.92 Å². The molecule has 0 aliphatic carbocycles. The van der Waals surface area contributed by atoms with Crippen molar-refractivity contribution < 1.29 is 4.79 Å². The summed E-state index contributed by atoms with van der Waals surface area (Å²) in [5.74, 6) is 0.442. The van der Waals surface area contributed by atoms with Gasteiger partial charge in [0.15, 0.2) is 0 Å². The lowest BCUT2D eigenvalue weighted by molar-refractivity contribution is -0.121. The average Bonchev–Trinajstić information content (AvgIpc) is 2.51. The molecule has 1 fully saturated rings. The highest BCUT2D eigenvalue weighted by Gasteiger charge is 2.16. The molecule has 1 radical (unpaired) electrons. The summed E-state index contributed by atoms with van der Waals surface area (Å²) in [6, 6.07) is 0.452. The van der Waals surface area contributed by atoms with Gasteiger partial charge in [-0.15, -0.1) is 0 Å². The summed E-state index contributed by atoms with van der Waals surface area (Å²) in [6.07, 6.45) is 1.09. The largest absolute Gasteiger partial charge is 0.306 e. The Hall–Kier alpha value is -0.410. The molecule has 0 spiro atoms. The minimum Gasteiger partial charge on any atom is -0.306 e. The molecule has 1 aliphatic rings. The number of hydrogen-bond donors (Lipinski definition) is 1. The minimum atomic E-state index is 0.149. The van der Waals surface area contributed by atoms with E-state index in [1.165, 1.54) is 0 Å². The average molecular weight is 169 g/mol. The molecule has 3 nitrogen and oxygen atoms in total. The third-order valence-corrected chi connectivity index (χ3v) is 2.19. The molecule has 1 rings (SSSR count). The van der Waals surface area contributed by atoms with E-state index < -0.39 is 0 Å². The molecule has 69 valence electrons. The minimum absolute atomic E-state index is 0.149. The highest BCUT2D eigenvalue weighted by atomic mass is 16.1. The van der Waals surface area contributed by atoms with Crippen molar-refractivity contribution in [3.05, 3.63) is 0 Å². The molecule has 0 saturated carbocycles. The van der Waals surface area contributed by atoms with Crippen molar-refractivity contribution in [3.63, 3.8) is 0 Å². The lowest BCUT2D eigenvalue weighted by Crippen LogP contribution is -2.35. The Balaban J connectivity index is 2.12. The van der Waals surface area contributed by atoms with Crippen LogP contribution in [-0.4, -0.2) is 31.5 Å². The van der Waals surface area contributed by atoms with E-state index in [1.807, 2.05) is 13.8 Å². The Kier molecular flexibility index (Phi) is 3.69. The fraction of sp³-hybridized carbons (Fsp3) is 0.889. The molecule has 0 amide bonds. The van der Waals surface area contributed by atoms with Gasteiger partial charge in [-0.05, 0) is 6.42 Å². The standard InChI is InChI=1S/C9H17N2O/c1-7(2)9(12)6-11-8-3-4-10-5-8/h7-8,11H,3-6H2,1-2H3. The zero-order valence-corrected chi connectivity index (χ0v) is 7.84. The summed E-state index contributed by atoms with van der Waals surface area (Å²) >= 11 is 0. The van der Waals surface area contributed by atoms with Crippen molar-refractivity contribution in [2.45, 2.75) is 26.3 Å². The van der Waals surface area contributed by atoms with E-state index in [1.54, 1.807) is 0 Å². The van der Waals surface area contributed by atoms with Crippen LogP contribution in [-0.2, 0) is 4.79 Å². The Morgan fingerprint density at radius 2 is 2.42 bits per heavy atom. The van der Waals surface area contributed by atoms with Crippen LogP contribution in [0.4, 0.5) is 0 Å². The van der Waals surface area contributed by atoms with Gasteiger partial charge in [0.05, 0.1) is 6.54 Å². The Morgan fingerprint density at radius 1 is 1.67 bits per heavy atom. The lowest BCUT2D eigenvalue weighted by Gasteiger charge is -2.10. The maximum Gasteiger partial charge on any atom is 0.149 e. The molecule has 12 heavy (non-hydrogen) atoms. The van der Waals surface area contributed by atoms with Gasteiger partial charge in [-0.2, -0.15) is 0 Å². The smallest absolute Gasteiger partial charge is 0.149 e. The fourth-order valence-corrected chi connectivity index (χ4v) is 1.20. The zero-order chi connectivity index (χ0) is 8.97.